The minimum absolute atomic E-state index is 0.00610. The maximum Gasteiger partial charge on any atom is 0.328 e. The number of carbonyl (C=O) groups excluding carboxylic acids is 11. The Kier molecular flexibility index (Phi) is 28.9. The standard InChI is InChI=1S/C66H94N18O16S/c1-34(2)53-64(98)78-48(26-41-25-38-12-8-9-13-39(38)28-68-41)61(95)75-46(60(94)80-54(36(4)85)65(99)100)21-23-101-32-50(81-66(5,6)7)63(97)71-35(3)55(89)73-45-18-17-40-31-84(83-82-40)22-11-10-14-43(59(93)79-53)74-57(91)44(19-20-52(87)88)72-51(86)30-69-56(90)47(24-37-15-16-37)76-62(96)49(77-58(45)92)27-42-29-67-33-70-42/h8-9,12-13,25,28-29,31,33-37,43-50,53-54,81,85H,10-11,14-24,26-27,30,32H2,1-7H3,(H,67,70)(H,69,90)(H,71,97)(H,72,86)(H,73,89)(H,74,91)(H,75,95)(H,76,96)(H,77,92)(H,78,98)(H,79,93)(H,80,94)(H,87,88)(H,99,100)/t35-,36?,43-,44-,45-,46-,47-,48-,49-,50-,53-,54-/m0/s1. The molecule has 0 radical (unpaired) electrons. The molecule has 16 N–H and O–H groups in total. The van der Waals surface area contributed by atoms with Crippen LogP contribution in [0.5, 0.6) is 0 Å². The number of hydrogen-bond acceptors (Lipinski definition) is 20. The Bertz CT molecular complexity index is 3600. The predicted octanol–water partition coefficient (Wildman–Crippen LogP) is -2.18. The van der Waals surface area contributed by atoms with E-state index in [-0.39, 0.29) is 81.8 Å². The second-order valence-corrected chi connectivity index (χ2v) is 28.3. The molecule has 0 saturated heterocycles. The predicted molar refractivity (Wildman–Crippen MR) is 365 cm³/mol. The van der Waals surface area contributed by atoms with Crippen molar-refractivity contribution in [1.82, 2.24) is 93.7 Å². The van der Waals surface area contributed by atoms with E-state index in [1.54, 1.807) is 71.3 Å². The fourth-order valence-corrected chi connectivity index (χ4v) is 12.4. The quantitative estimate of drug-likeness (QED) is 0.0601. The number of aliphatic carboxylic acids is 2. The highest BCUT2D eigenvalue weighted by Crippen LogP contribution is 2.33. The molecule has 550 valence electrons. The van der Waals surface area contributed by atoms with Crippen molar-refractivity contribution in [3.05, 3.63) is 72.3 Å². The number of amides is 11. The van der Waals surface area contributed by atoms with Crippen LogP contribution in [0.1, 0.15) is 130 Å². The van der Waals surface area contributed by atoms with E-state index in [1.165, 1.54) is 24.1 Å². The first-order valence-electron chi connectivity index (χ1n) is 33.9. The second kappa shape index (κ2) is 37.2. The molecule has 11 amide bonds. The van der Waals surface area contributed by atoms with Crippen molar-refractivity contribution in [2.45, 2.75) is 217 Å². The molecule has 1 fully saturated rings. The highest BCUT2D eigenvalue weighted by Gasteiger charge is 2.39. The summed E-state index contributed by atoms with van der Waals surface area (Å²) in [5, 5.41) is 72.4. The number of imidazole rings is 1. The number of carboxylic acids is 2. The number of H-pyrrole nitrogens is 1. The van der Waals surface area contributed by atoms with Crippen LogP contribution < -0.4 is 63.8 Å². The topological polar surface area (TPSA) is 499 Å². The lowest BCUT2D eigenvalue weighted by Gasteiger charge is -2.30. The number of rotatable bonds is 15. The van der Waals surface area contributed by atoms with E-state index in [9.17, 15) is 77.6 Å². The van der Waals surface area contributed by atoms with Gasteiger partial charge in [0, 0.05) is 72.5 Å². The van der Waals surface area contributed by atoms with Gasteiger partial charge in [-0.15, -0.1) is 5.10 Å². The molecule has 5 heterocycles. The number of carbonyl (C=O) groups is 13. The Morgan fingerprint density at radius 2 is 1.37 bits per heavy atom. The SMILES string of the molecule is CC(C)[C@@H]1NC(=O)[C@@H]2CCCCn3cc(nn3)CC[C@H](NC(=O)[C@H](C)NC(=O)[C@@H](NC(C)(C)C)CSCC[C@@H](C(=O)N[C@H](C(=O)O)C(C)O)NC(=O)[C@H](Cc3cc4ccccc4cn3)NC1=O)C(=O)N[C@@H](Cc1cnc[nH]1)C(=O)N[C@@H](CC1CC1)C(=O)NCC(=O)N[C@@H](CCC(=O)O)C(=O)N2. The van der Waals surface area contributed by atoms with Crippen molar-refractivity contribution in [2.75, 3.05) is 18.1 Å². The van der Waals surface area contributed by atoms with Crippen LogP contribution in [0.25, 0.3) is 10.8 Å². The lowest BCUT2D eigenvalue weighted by molar-refractivity contribution is -0.145. The molecule has 3 aromatic heterocycles. The third-order valence-electron chi connectivity index (χ3n) is 17.1. The van der Waals surface area contributed by atoms with E-state index in [0.717, 1.165) is 36.9 Å². The molecule has 0 spiro atoms. The Hall–Kier alpha value is -9.64. The summed E-state index contributed by atoms with van der Waals surface area (Å²) >= 11 is 1.13. The highest BCUT2D eigenvalue weighted by atomic mass is 32.2. The van der Waals surface area contributed by atoms with E-state index in [0.29, 0.717) is 22.5 Å². The number of aromatic amines is 1. The largest absolute Gasteiger partial charge is 0.481 e. The van der Waals surface area contributed by atoms with E-state index in [1.807, 2.05) is 6.07 Å². The number of aryl methyl sites for hydroxylation is 2. The molecule has 2 aliphatic heterocycles. The zero-order valence-corrected chi connectivity index (χ0v) is 58.4. The zero-order valence-electron chi connectivity index (χ0n) is 57.6. The number of aromatic nitrogens is 6. The summed E-state index contributed by atoms with van der Waals surface area (Å²) in [5.74, 6) is -13.6. The minimum atomic E-state index is -1.85. The number of benzene rings is 1. The minimum Gasteiger partial charge on any atom is -0.481 e. The maximum atomic E-state index is 15.0. The van der Waals surface area contributed by atoms with Gasteiger partial charge in [-0.05, 0) is 115 Å². The Balaban J connectivity index is 1.31. The molecule has 4 aromatic rings. The Morgan fingerprint density at radius 3 is 2.04 bits per heavy atom. The van der Waals surface area contributed by atoms with E-state index in [4.69, 9.17) is 0 Å². The van der Waals surface area contributed by atoms with Crippen molar-refractivity contribution in [2.24, 2.45) is 11.8 Å². The van der Waals surface area contributed by atoms with Crippen molar-refractivity contribution in [3.63, 3.8) is 0 Å². The van der Waals surface area contributed by atoms with E-state index >= 15 is 0 Å². The second-order valence-electron chi connectivity index (χ2n) is 27.2. The molecule has 1 aromatic carbocycles. The first kappa shape index (κ1) is 78.7. The van der Waals surface area contributed by atoms with Crippen molar-refractivity contribution >= 4 is 99.5 Å². The lowest BCUT2D eigenvalue weighted by atomic mass is 10.00. The number of hydrogen-bond donors (Lipinski definition) is 16. The summed E-state index contributed by atoms with van der Waals surface area (Å²) < 4.78 is 1.49. The molecule has 3 aliphatic rings. The van der Waals surface area contributed by atoms with Crippen LogP contribution in [-0.4, -0.2) is 218 Å². The molecule has 101 heavy (non-hydrogen) atoms. The number of aliphatic hydroxyl groups is 1. The number of aliphatic hydroxyl groups excluding tert-OH is 1. The van der Waals surface area contributed by atoms with E-state index < -0.39 is 180 Å². The van der Waals surface area contributed by atoms with Crippen LogP contribution in [0.2, 0.25) is 0 Å². The number of nitrogens with one attached hydrogen (secondary N) is 13. The molecule has 12 atom stereocenters. The van der Waals surface area contributed by atoms with Crippen LogP contribution in [-0.2, 0) is 88.1 Å². The summed E-state index contributed by atoms with van der Waals surface area (Å²) in [7, 11) is 0. The van der Waals surface area contributed by atoms with Gasteiger partial charge in [0.2, 0.25) is 65.0 Å². The van der Waals surface area contributed by atoms with Gasteiger partial charge in [0.25, 0.3) is 0 Å². The van der Waals surface area contributed by atoms with Crippen LogP contribution in [0.3, 0.4) is 0 Å². The molecule has 1 unspecified atom stereocenters. The first-order valence-corrected chi connectivity index (χ1v) is 35.0. The molecule has 1 saturated carbocycles. The van der Waals surface area contributed by atoms with Gasteiger partial charge in [0.15, 0.2) is 6.04 Å². The summed E-state index contributed by atoms with van der Waals surface area (Å²) in [6.45, 7) is 10.5. The Labute approximate surface area is 587 Å². The number of fused-ring (bicyclic) bond motifs is 7. The van der Waals surface area contributed by atoms with Crippen molar-refractivity contribution < 1.29 is 77.6 Å². The summed E-state index contributed by atoms with van der Waals surface area (Å²) in [5.41, 5.74) is 0.313. The molecular weight excluding hydrogens is 1330 g/mol. The van der Waals surface area contributed by atoms with Crippen molar-refractivity contribution in [3.8, 4) is 0 Å². The molecule has 35 heteroatoms. The third-order valence-corrected chi connectivity index (χ3v) is 18.2. The summed E-state index contributed by atoms with van der Waals surface area (Å²) in [4.78, 5) is 196. The number of nitrogens with zero attached hydrogens (tertiary/aromatic N) is 5. The maximum absolute atomic E-state index is 15.0. The lowest BCUT2D eigenvalue weighted by Crippen LogP contribution is -2.61. The smallest absolute Gasteiger partial charge is 0.328 e. The highest BCUT2D eigenvalue weighted by molar-refractivity contribution is 7.99. The number of carboxylic acid groups (broad SMARTS) is 2. The molecule has 1 aliphatic carbocycles. The van der Waals surface area contributed by atoms with Crippen LogP contribution >= 0.6 is 11.8 Å². The molecule has 4 bridgehead atoms. The van der Waals surface area contributed by atoms with Gasteiger partial charge in [-0.3, -0.25) is 67.2 Å². The fourth-order valence-electron chi connectivity index (χ4n) is 11.3. The van der Waals surface area contributed by atoms with Crippen LogP contribution in [0, 0.1) is 11.8 Å². The van der Waals surface area contributed by atoms with Gasteiger partial charge >= 0.3 is 11.9 Å². The average molecular weight is 1430 g/mol. The van der Waals surface area contributed by atoms with Crippen LogP contribution in [0.4, 0.5) is 0 Å². The normalized spacial score (nSPS) is 25.3. The number of thioether (sulfide) groups is 1. The monoisotopic (exact) mass is 1430 g/mol. The van der Waals surface area contributed by atoms with Gasteiger partial charge in [-0.1, -0.05) is 56.2 Å². The van der Waals surface area contributed by atoms with Gasteiger partial charge < -0.3 is 84.1 Å². The first-order chi connectivity index (χ1) is 47.9. The van der Waals surface area contributed by atoms with Gasteiger partial charge in [-0.25, -0.2) is 9.78 Å². The molecule has 34 nitrogen and oxygen atoms in total. The third kappa shape index (κ3) is 25.2. The summed E-state index contributed by atoms with van der Waals surface area (Å²) in [6, 6.07) is -7.29. The molecule has 7 rings (SSSR count). The molecular formula is C66H94N18O16S. The summed E-state index contributed by atoms with van der Waals surface area (Å²) in [6.07, 6.45) is 4.10. The zero-order chi connectivity index (χ0) is 73.7. The number of pyridine rings is 1. The van der Waals surface area contributed by atoms with Gasteiger partial charge in [0.1, 0.15) is 54.4 Å². The van der Waals surface area contributed by atoms with Gasteiger partial charge in [0.05, 0.1) is 30.7 Å². The van der Waals surface area contributed by atoms with Crippen LogP contribution in [0.15, 0.2) is 55.2 Å². The van der Waals surface area contributed by atoms with E-state index in [2.05, 4.69) is 89.1 Å². The van der Waals surface area contributed by atoms with Gasteiger partial charge in [-0.2, -0.15) is 11.8 Å². The van der Waals surface area contributed by atoms with Crippen molar-refractivity contribution in [1.29, 1.82) is 0 Å². The average Bonchev–Trinajstić information content (AvgIpc) is 1.30. The Morgan fingerprint density at radius 1 is 0.703 bits per heavy atom. The fraction of sp³-hybridized carbons (Fsp3) is 0.591.